The molecule has 0 spiro atoms. The molecular weight excluding hydrogens is 368 g/mol. The van der Waals surface area contributed by atoms with E-state index in [0.717, 1.165) is 13.1 Å². The molecule has 3 N–H and O–H groups in total. The molecule has 2 amide bonds. The lowest BCUT2D eigenvalue weighted by atomic mass is 10.2. The quantitative estimate of drug-likeness (QED) is 0.640. The summed E-state index contributed by atoms with van der Waals surface area (Å²) >= 11 is 0. The first-order valence-corrected chi connectivity index (χ1v) is 8.95. The number of fused-ring (bicyclic) bond motifs is 1. The smallest absolute Gasteiger partial charge is 0.407 e. The van der Waals surface area contributed by atoms with Gasteiger partial charge in [0.15, 0.2) is 24.5 Å². The summed E-state index contributed by atoms with van der Waals surface area (Å²) in [6.07, 6.45) is 0.268. The summed E-state index contributed by atoms with van der Waals surface area (Å²) in [5.41, 5.74) is -0.181. The second-order valence-electron chi connectivity index (χ2n) is 7.12. The van der Waals surface area contributed by atoms with E-state index in [1.54, 1.807) is 6.07 Å². The summed E-state index contributed by atoms with van der Waals surface area (Å²) in [6, 6.07) is 3.13. The highest BCUT2D eigenvalue weighted by Crippen LogP contribution is 2.24. The maximum Gasteiger partial charge on any atom is 0.407 e. The predicted molar refractivity (Wildman–Crippen MR) is 101 cm³/mol. The average Bonchev–Trinajstić information content (AvgIpc) is 2.66. The second kappa shape index (κ2) is 10.00. The lowest BCUT2D eigenvalue weighted by Gasteiger charge is -2.25. The van der Waals surface area contributed by atoms with Crippen molar-refractivity contribution in [2.75, 3.05) is 38.2 Å². The number of nitrogens with zero attached hydrogens (tertiary/aromatic N) is 1. The number of nitrogens with one attached hydrogen (secondary N) is 3. The molecule has 1 fully saturated rings. The third-order valence-corrected chi connectivity index (χ3v) is 3.49. The van der Waals surface area contributed by atoms with Gasteiger partial charge in [0.1, 0.15) is 11.3 Å². The van der Waals surface area contributed by atoms with Crippen molar-refractivity contribution in [3.8, 4) is 5.75 Å². The molecule has 1 aromatic heterocycles. The SMILES string of the molecule is CC(C)(C)OC(=O)NC[C@H]1CNCCO1.O=Cc1ccc2c(n1)NC(=O)CO2. The molecule has 28 heavy (non-hydrogen) atoms. The van der Waals surface area contributed by atoms with Crippen LogP contribution in [0.4, 0.5) is 10.6 Å². The van der Waals surface area contributed by atoms with Crippen LogP contribution < -0.4 is 20.7 Å². The van der Waals surface area contributed by atoms with E-state index in [1.165, 1.54) is 6.07 Å². The fraction of sp³-hybridized carbons (Fsp3) is 0.556. The summed E-state index contributed by atoms with van der Waals surface area (Å²) in [7, 11) is 0. The zero-order chi connectivity index (χ0) is 20.6. The van der Waals surface area contributed by atoms with Gasteiger partial charge >= 0.3 is 6.09 Å². The Kier molecular flexibility index (Phi) is 7.70. The Morgan fingerprint density at radius 3 is 2.86 bits per heavy atom. The van der Waals surface area contributed by atoms with Crippen molar-refractivity contribution in [3.05, 3.63) is 17.8 Å². The number of alkyl carbamates (subject to hydrolysis) is 1. The lowest BCUT2D eigenvalue weighted by Crippen LogP contribution is -2.46. The number of amides is 2. The van der Waals surface area contributed by atoms with E-state index in [9.17, 15) is 14.4 Å². The van der Waals surface area contributed by atoms with E-state index in [2.05, 4.69) is 20.9 Å². The van der Waals surface area contributed by atoms with E-state index in [-0.39, 0.29) is 24.3 Å². The monoisotopic (exact) mass is 394 g/mol. The highest BCUT2D eigenvalue weighted by molar-refractivity contribution is 5.94. The molecule has 0 aromatic carbocycles. The van der Waals surface area contributed by atoms with Crippen molar-refractivity contribution in [2.45, 2.75) is 32.5 Å². The van der Waals surface area contributed by atoms with Crippen LogP contribution in [0, 0.1) is 0 Å². The van der Waals surface area contributed by atoms with Crippen LogP contribution in [-0.2, 0) is 14.3 Å². The summed E-state index contributed by atoms with van der Waals surface area (Å²) < 4.78 is 15.6. The molecule has 1 saturated heterocycles. The maximum atomic E-state index is 11.3. The molecule has 3 heterocycles. The number of morpholine rings is 1. The number of hydrogen-bond donors (Lipinski definition) is 3. The van der Waals surface area contributed by atoms with E-state index in [4.69, 9.17) is 14.2 Å². The molecule has 0 bridgehead atoms. The number of anilines is 1. The standard InChI is InChI=1S/C10H20N2O3.C8H6N2O3/c1-10(2,3)15-9(13)12-7-8-6-11-4-5-14-8;11-3-5-1-2-6-8(9-5)10-7(12)4-13-6/h8,11H,4-7H2,1-3H3,(H,12,13);1-3H,4H2,(H,9,10,12)/t8-;/m1./s1. The highest BCUT2D eigenvalue weighted by Gasteiger charge is 2.19. The number of ether oxygens (including phenoxy) is 3. The van der Waals surface area contributed by atoms with Crippen molar-refractivity contribution in [1.82, 2.24) is 15.6 Å². The zero-order valence-electron chi connectivity index (χ0n) is 16.2. The number of pyridine rings is 1. The van der Waals surface area contributed by atoms with Gasteiger partial charge in [0.2, 0.25) is 0 Å². The van der Waals surface area contributed by atoms with Crippen LogP contribution in [0.2, 0.25) is 0 Å². The van der Waals surface area contributed by atoms with Crippen molar-refractivity contribution in [3.63, 3.8) is 0 Å². The summed E-state index contributed by atoms with van der Waals surface area (Å²) in [6.45, 7) is 8.35. The molecule has 0 unspecified atom stereocenters. The number of carbonyl (C=O) groups excluding carboxylic acids is 3. The van der Waals surface area contributed by atoms with Crippen molar-refractivity contribution >= 4 is 24.1 Å². The van der Waals surface area contributed by atoms with Crippen LogP contribution in [0.5, 0.6) is 5.75 Å². The Balaban J connectivity index is 0.000000202. The molecule has 1 aromatic rings. The van der Waals surface area contributed by atoms with Gasteiger partial charge in [-0.2, -0.15) is 0 Å². The van der Waals surface area contributed by atoms with Gasteiger partial charge in [-0.05, 0) is 32.9 Å². The number of rotatable bonds is 3. The minimum Gasteiger partial charge on any atom is -0.480 e. The lowest BCUT2D eigenvalue weighted by molar-refractivity contribution is -0.118. The molecule has 3 rings (SSSR count). The van der Waals surface area contributed by atoms with Crippen LogP contribution >= 0.6 is 0 Å². The molecule has 1 atom stereocenters. The Labute approximate surface area is 163 Å². The average molecular weight is 394 g/mol. The van der Waals surface area contributed by atoms with Crippen LogP contribution in [0.15, 0.2) is 12.1 Å². The van der Waals surface area contributed by atoms with Crippen molar-refractivity contribution < 1.29 is 28.6 Å². The highest BCUT2D eigenvalue weighted by atomic mass is 16.6. The van der Waals surface area contributed by atoms with E-state index in [0.29, 0.717) is 31.0 Å². The van der Waals surface area contributed by atoms with Crippen molar-refractivity contribution in [1.29, 1.82) is 0 Å². The normalized spacial score (nSPS) is 18.4. The van der Waals surface area contributed by atoms with E-state index in [1.807, 2.05) is 20.8 Å². The molecule has 0 aliphatic carbocycles. The van der Waals surface area contributed by atoms with Gasteiger partial charge in [-0.1, -0.05) is 0 Å². The van der Waals surface area contributed by atoms with Gasteiger partial charge in [-0.3, -0.25) is 9.59 Å². The van der Waals surface area contributed by atoms with Gasteiger partial charge in [0.25, 0.3) is 5.91 Å². The van der Waals surface area contributed by atoms with Gasteiger partial charge in [0.05, 0.1) is 12.7 Å². The molecule has 2 aliphatic rings. The van der Waals surface area contributed by atoms with Crippen molar-refractivity contribution in [2.24, 2.45) is 0 Å². The van der Waals surface area contributed by atoms with Gasteiger partial charge < -0.3 is 30.2 Å². The Hall–Kier alpha value is -2.72. The fourth-order valence-corrected chi connectivity index (χ4v) is 2.31. The molecule has 10 heteroatoms. The van der Waals surface area contributed by atoms with Crippen LogP contribution in [0.25, 0.3) is 0 Å². The van der Waals surface area contributed by atoms with Gasteiger partial charge in [-0.25, -0.2) is 9.78 Å². The third kappa shape index (κ3) is 7.49. The third-order valence-electron chi connectivity index (χ3n) is 3.49. The molecule has 2 aliphatic heterocycles. The topological polar surface area (TPSA) is 128 Å². The minimum atomic E-state index is -0.449. The minimum absolute atomic E-state index is 0.00485. The Morgan fingerprint density at radius 1 is 1.43 bits per heavy atom. The summed E-state index contributed by atoms with van der Waals surface area (Å²) in [5.74, 6) is 0.536. The van der Waals surface area contributed by atoms with Gasteiger partial charge in [-0.15, -0.1) is 0 Å². The molecular formula is C18H26N4O6. The van der Waals surface area contributed by atoms with E-state index < -0.39 is 11.7 Å². The predicted octanol–water partition coefficient (Wildman–Crippen LogP) is 0.725. The number of aromatic nitrogens is 1. The number of aldehydes is 1. The second-order valence-corrected chi connectivity index (χ2v) is 7.12. The maximum absolute atomic E-state index is 11.3. The Morgan fingerprint density at radius 2 is 2.21 bits per heavy atom. The molecule has 154 valence electrons. The molecule has 10 nitrogen and oxygen atoms in total. The largest absolute Gasteiger partial charge is 0.480 e. The number of carbonyl (C=O) groups is 3. The van der Waals surface area contributed by atoms with Crippen LogP contribution in [-0.4, -0.2) is 67.8 Å². The Bertz CT molecular complexity index is 698. The van der Waals surface area contributed by atoms with Crippen LogP contribution in [0.1, 0.15) is 31.3 Å². The molecule has 0 radical (unpaired) electrons. The van der Waals surface area contributed by atoms with Gasteiger partial charge in [0, 0.05) is 19.6 Å². The van der Waals surface area contributed by atoms with E-state index >= 15 is 0 Å². The zero-order valence-corrected chi connectivity index (χ0v) is 16.2. The summed E-state index contributed by atoms with van der Waals surface area (Å²) in [4.78, 5) is 36.4. The number of hydrogen-bond acceptors (Lipinski definition) is 8. The first kappa shape index (κ1) is 21.6. The molecule has 0 saturated carbocycles. The fourth-order valence-electron chi connectivity index (χ4n) is 2.31. The van der Waals surface area contributed by atoms with Crippen LogP contribution in [0.3, 0.4) is 0 Å². The first-order valence-electron chi connectivity index (χ1n) is 8.95. The summed E-state index contributed by atoms with van der Waals surface area (Å²) in [5, 5.41) is 8.37. The first-order chi connectivity index (χ1) is 13.3.